The Morgan fingerprint density at radius 3 is 1.62 bits per heavy atom. The first-order valence-corrected chi connectivity index (χ1v) is 9.39. The van der Waals surface area contributed by atoms with Crippen LogP contribution in [-0.4, -0.2) is 72.7 Å². The molecule has 0 aliphatic carbocycles. The van der Waals surface area contributed by atoms with Gasteiger partial charge in [0.15, 0.2) is 0 Å². The molecule has 0 fully saturated rings. The van der Waals surface area contributed by atoms with E-state index in [0.29, 0.717) is 18.2 Å². The third-order valence-electron chi connectivity index (χ3n) is 3.77. The molecular formula is C21H21F3O10. The molecule has 2 N–H and O–H groups in total. The fourth-order valence-corrected chi connectivity index (χ4v) is 2.14. The third kappa shape index (κ3) is 9.42. The first-order valence-electron chi connectivity index (χ1n) is 9.39. The van der Waals surface area contributed by atoms with Gasteiger partial charge >= 0.3 is 30.1 Å². The summed E-state index contributed by atoms with van der Waals surface area (Å²) in [5, 5.41) is 19.3. The Bertz CT molecular complexity index is 926. The average molecular weight is 490 g/mol. The van der Waals surface area contributed by atoms with Gasteiger partial charge in [-0.15, -0.1) is 0 Å². The van der Waals surface area contributed by atoms with E-state index in [1.807, 2.05) is 0 Å². The minimum absolute atomic E-state index is 0.353. The summed E-state index contributed by atoms with van der Waals surface area (Å²) in [5.41, 5.74) is -2.73. The fraction of sp³-hybridized carbons (Fsp3) is 0.333. The second-order valence-electron chi connectivity index (χ2n) is 6.43. The molecule has 10 nitrogen and oxygen atoms in total. The van der Waals surface area contributed by atoms with Crippen LogP contribution in [0, 0.1) is 0 Å². The van der Waals surface area contributed by atoms with Crippen LogP contribution in [0.25, 0.3) is 0 Å². The molecule has 0 bridgehead atoms. The fourth-order valence-electron chi connectivity index (χ4n) is 2.14. The first-order chi connectivity index (χ1) is 15.9. The minimum atomic E-state index is -4.86. The maximum Gasteiger partial charge on any atom is 0.416 e. The molecule has 1 aromatic carbocycles. The van der Waals surface area contributed by atoms with Crippen molar-refractivity contribution in [1.82, 2.24) is 0 Å². The maximum absolute atomic E-state index is 13.1. The number of aliphatic hydroxyl groups excluding tert-OH is 2. The van der Waals surface area contributed by atoms with Gasteiger partial charge in [0, 0.05) is 12.2 Å². The SMILES string of the molecule is C=CC(=O)OCC(O)COC(=O)c1ccc(C(F)(F)F)cc1C(=O)OCC(O)COC(=O)C=C. The second kappa shape index (κ2) is 13.1. The quantitative estimate of drug-likeness (QED) is 0.249. The molecule has 0 radical (unpaired) electrons. The zero-order valence-electron chi connectivity index (χ0n) is 17.6. The predicted octanol–water partition coefficient (Wildman–Crippen LogP) is 1.20. The van der Waals surface area contributed by atoms with Gasteiger partial charge in [-0.2, -0.15) is 13.2 Å². The van der Waals surface area contributed by atoms with Crippen LogP contribution in [-0.2, 0) is 34.7 Å². The van der Waals surface area contributed by atoms with Gasteiger partial charge in [0.05, 0.1) is 16.7 Å². The number of carbonyl (C=O) groups excluding carboxylic acids is 4. The van der Waals surface area contributed by atoms with Crippen molar-refractivity contribution in [3.8, 4) is 0 Å². The van der Waals surface area contributed by atoms with Gasteiger partial charge in [-0.25, -0.2) is 19.2 Å². The molecule has 1 aromatic rings. The summed E-state index contributed by atoms with van der Waals surface area (Å²) in [6, 6.07) is 1.55. The molecule has 2 atom stereocenters. The van der Waals surface area contributed by atoms with E-state index in [1.165, 1.54) is 0 Å². The van der Waals surface area contributed by atoms with Crippen LogP contribution in [0.5, 0.6) is 0 Å². The number of benzene rings is 1. The Morgan fingerprint density at radius 1 is 0.794 bits per heavy atom. The van der Waals surface area contributed by atoms with E-state index in [9.17, 15) is 42.6 Å². The number of hydrogen-bond acceptors (Lipinski definition) is 10. The van der Waals surface area contributed by atoms with Gasteiger partial charge in [-0.3, -0.25) is 0 Å². The normalized spacial score (nSPS) is 12.6. The lowest BCUT2D eigenvalue weighted by atomic mass is 10.0. The van der Waals surface area contributed by atoms with E-state index >= 15 is 0 Å². The number of alkyl halides is 3. The van der Waals surface area contributed by atoms with Gasteiger partial charge in [0.25, 0.3) is 0 Å². The van der Waals surface area contributed by atoms with E-state index in [2.05, 4.69) is 22.6 Å². The lowest BCUT2D eigenvalue weighted by molar-refractivity contribution is -0.142. The highest BCUT2D eigenvalue weighted by Gasteiger charge is 2.33. The standard InChI is InChI=1S/C21H21F3O10/c1-3-17(27)31-8-13(25)10-33-19(29)15-6-5-12(21(22,23)24)7-16(15)20(30)34-11-14(26)9-32-18(28)4-2/h3-7,13-14,25-26H,1-2,8-11H2. The smallest absolute Gasteiger partial charge is 0.416 e. The number of ether oxygens (including phenoxy) is 4. The first kappa shape index (κ1) is 28.3. The highest BCUT2D eigenvalue weighted by molar-refractivity contribution is 6.03. The molecule has 0 saturated carbocycles. The number of aliphatic hydroxyl groups is 2. The summed E-state index contributed by atoms with van der Waals surface area (Å²) in [5.74, 6) is -4.41. The van der Waals surface area contributed by atoms with Gasteiger partial charge in [0.2, 0.25) is 0 Å². The molecular weight excluding hydrogens is 469 g/mol. The van der Waals surface area contributed by atoms with Crippen LogP contribution < -0.4 is 0 Å². The van der Waals surface area contributed by atoms with Gasteiger partial charge in [-0.1, -0.05) is 13.2 Å². The summed E-state index contributed by atoms with van der Waals surface area (Å²) >= 11 is 0. The summed E-state index contributed by atoms with van der Waals surface area (Å²) in [6.07, 6.45) is -6.19. The van der Waals surface area contributed by atoms with Crippen LogP contribution in [0.3, 0.4) is 0 Å². The average Bonchev–Trinajstić information content (AvgIpc) is 2.81. The number of esters is 4. The Labute approximate surface area is 191 Å². The van der Waals surface area contributed by atoms with E-state index in [-0.39, 0.29) is 0 Å². The third-order valence-corrected chi connectivity index (χ3v) is 3.77. The maximum atomic E-state index is 13.1. The number of carbonyl (C=O) groups is 4. The summed E-state index contributed by atoms with van der Waals surface area (Å²) in [6.45, 7) is 3.63. The van der Waals surface area contributed by atoms with Crippen LogP contribution in [0.15, 0.2) is 43.5 Å². The molecule has 0 saturated heterocycles. The molecule has 0 aliphatic rings. The molecule has 13 heteroatoms. The molecule has 0 amide bonds. The highest BCUT2D eigenvalue weighted by atomic mass is 19.4. The summed E-state index contributed by atoms with van der Waals surface area (Å²) in [7, 11) is 0. The second-order valence-corrected chi connectivity index (χ2v) is 6.43. The summed E-state index contributed by atoms with van der Waals surface area (Å²) < 4.78 is 57.8. The lowest BCUT2D eigenvalue weighted by Gasteiger charge is -2.15. The Morgan fingerprint density at radius 2 is 1.21 bits per heavy atom. The molecule has 34 heavy (non-hydrogen) atoms. The number of rotatable bonds is 12. The Hall–Kier alpha value is -3.71. The zero-order chi connectivity index (χ0) is 25.9. The van der Waals surface area contributed by atoms with Crippen molar-refractivity contribution < 1.29 is 61.5 Å². The van der Waals surface area contributed by atoms with Crippen molar-refractivity contribution in [2.45, 2.75) is 18.4 Å². The van der Waals surface area contributed by atoms with Gasteiger partial charge < -0.3 is 29.2 Å². The molecule has 0 aromatic heterocycles. The van der Waals surface area contributed by atoms with Gasteiger partial charge in [-0.05, 0) is 18.2 Å². The molecule has 0 aliphatic heterocycles. The van der Waals surface area contributed by atoms with Crippen LogP contribution in [0.4, 0.5) is 13.2 Å². The zero-order valence-corrected chi connectivity index (χ0v) is 17.6. The Kier molecular flexibility index (Phi) is 10.9. The van der Waals surface area contributed by atoms with E-state index in [0.717, 1.165) is 12.2 Å². The largest absolute Gasteiger partial charge is 0.460 e. The molecule has 186 valence electrons. The number of hydrogen-bond donors (Lipinski definition) is 2. The lowest BCUT2D eigenvalue weighted by Crippen LogP contribution is -2.27. The number of halogens is 3. The predicted molar refractivity (Wildman–Crippen MR) is 106 cm³/mol. The van der Waals surface area contributed by atoms with Crippen molar-refractivity contribution in [2.24, 2.45) is 0 Å². The van der Waals surface area contributed by atoms with E-state index in [1.54, 1.807) is 0 Å². The van der Waals surface area contributed by atoms with Crippen LogP contribution >= 0.6 is 0 Å². The molecule has 0 heterocycles. The molecule has 1 rings (SSSR count). The molecule has 2 unspecified atom stereocenters. The minimum Gasteiger partial charge on any atom is -0.460 e. The van der Waals surface area contributed by atoms with Crippen molar-refractivity contribution in [1.29, 1.82) is 0 Å². The van der Waals surface area contributed by atoms with Crippen molar-refractivity contribution in [2.75, 3.05) is 26.4 Å². The highest BCUT2D eigenvalue weighted by Crippen LogP contribution is 2.31. The topological polar surface area (TPSA) is 146 Å². The van der Waals surface area contributed by atoms with Crippen molar-refractivity contribution >= 4 is 23.9 Å². The van der Waals surface area contributed by atoms with Crippen LogP contribution in [0.1, 0.15) is 26.3 Å². The van der Waals surface area contributed by atoms with Crippen LogP contribution in [0.2, 0.25) is 0 Å². The molecule has 0 spiro atoms. The monoisotopic (exact) mass is 490 g/mol. The van der Waals surface area contributed by atoms with Gasteiger partial charge in [0.1, 0.15) is 38.6 Å². The van der Waals surface area contributed by atoms with Crippen molar-refractivity contribution in [3.05, 3.63) is 60.2 Å². The van der Waals surface area contributed by atoms with Crippen molar-refractivity contribution in [3.63, 3.8) is 0 Å². The summed E-state index contributed by atoms with van der Waals surface area (Å²) in [4.78, 5) is 46.6. The van der Waals surface area contributed by atoms with E-state index < -0.39 is 85.4 Å². The Balaban J connectivity index is 2.93. The van der Waals surface area contributed by atoms with E-state index in [4.69, 9.17) is 9.47 Å².